The predicted octanol–water partition coefficient (Wildman–Crippen LogP) is 3.51. The lowest BCUT2D eigenvalue weighted by Gasteiger charge is -2.24. The van der Waals surface area contributed by atoms with Gasteiger partial charge in [0, 0.05) is 12.5 Å². The van der Waals surface area contributed by atoms with Crippen molar-refractivity contribution in [3.8, 4) is 0 Å². The number of benzene rings is 1. The van der Waals surface area contributed by atoms with Crippen molar-refractivity contribution in [2.75, 3.05) is 0 Å². The van der Waals surface area contributed by atoms with Crippen molar-refractivity contribution in [1.82, 2.24) is 5.32 Å². The maximum absolute atomic E-state index is 13.4. The molecule has 108 valence electrons. The van der Waals surface area contributed by atoms with Crippen LogP contribution in [0.4, 0.5) is 4.39 Å². The minimum Gasteiger partial charge on any atom is -0.304 e. The lowest BCUT2D eigenvalue weighted by molar-refractivity contribution is -0.120. The molecule has 1 heterocycles. The first-order chi connectivity index (χ1) is 9.63. The summed E-state index contributed by atoms with van der Waals surface area (Å²) in [4.78, 5) is 12.3. The van der Waals surface area contributed by atoms with Gasteiger partial charge in [-0.15, -0.1) is 0 Å². The Labute approximate surface area is 123 Å². The van der Waals surface area contributed by atoms with Crippen LogP contribution in [0, 0.1) is 11.7 Å². The third-order valence-electron chi connectivity index (χ3n) is 4.61. The zero-order chi connectivity index (χ0) is 14.1. The number of carbonyl (C=O) groups is 1. The highest BCUT2D eigenvalue weighted by Crippen LogP contribution is 2.33. The van der Waals surface area contributed by atoms with Gasteiger partial charge in [0.1, 0.15) is 5.82 Å². The Bertz CT molecular complexity index is 505. The first kappa shape index (κ1) is 14.0. The summed E-state index contributed by atoms with van der Waals surface area (Å²) in [5, 5.41) is 3.57. The Morgan fingerprint density at radius 2 is 2.15 bits per heavy atom. The topological polar surface area (TPSA) is 29.1 Å². The van der Waals surface area contributed by atoms with Crippen molar-refractivity contribution in [2.45, 2.75) is 50.6 Å². The summed E-state index contributed by atoms with van der Waals surface area (Å²) in [6, 6.07) is 5.07. The van der Waals surface area contributed by atoms with Crippen LogP contribution < -0.4 is 5.32 Å². The van der Waals surface area contributed by atoms with Crippen LogP contribution in [0.25, 0.3) is 0 Å². The molecule has 0 aromatic heterocycles. The molecule has 3 rings (SSSR count). The number of Topliss-reactive ketones (excluding diaryl/α,β-unsaturated/α-hetero) is 1. The third kappa shape index (κ3) is 2.89. The Balaban J connectivity index is 1.63. The smallest absolute Gasteiger partial charge is 0.154 e. The third-order valence-corrected chi connectivity index (χ3v) is 4.92. The Morgan fingerprint density at radius 1 is 1.35 bits per heavy atom. The van der Waals surface area contributed by atoms with Crippen LogP contribution in [-0.2, 0) is 11.2 Å². The number of ketones is 1. The highest BCUT2D eigenvalue weighted by Gasteiger charge is 2.37. The molecule has 2 aliphatic rings. The van der Waals surface area contributed by atoms with Crippen LogP contribution in [0.15, 0.2) is 18.2 Å². The second-order valence-corrected chi connectivity index (χ2v) is 6.40. The highest BCUT2D eigenvalue weighted by atomic mass is 35.5. The van der Waals surface area contributed by atoms with Crippen molar-refractivity contribution < 1.29 is 9.18 Å². The second-order valence-electron chi connectivity index (χ2n) is 6.00. The monoisotopic (exact) mass is 295 g/mol. The molecular formula is C16H19ClFNO. The fourth-order valence-electron chi connectivity index (χ4n) is 3.54. The first-order valence-electron chi connectivity index (χ1n) is 7.36. The van der Waals surface area contributed by atoms with Crippen LogP contribution in [0.2, 0.25) is 5.02 Å². The largest absolute Gasteiger partial charge is 0.304 e. The van der Waals surface area contributed by atoms with Crippen LogP contribution >= 0.6 is 11.6 Å². The number of rotatable bonds is 3. The van der Waals surface area contributed by atoms with Crippen molar-refractivity contribution in [2.24, 2.45) is 5.92 Å². The van der Waals surface area contributed by atoms with E-state index in [1.165, 1.54) is 37.8 Å². The number of halogens is 2. The molecule has 1 aromatic carbocycles. The van der Waals surface area contributed by atoms with Crippen LogP contribution in [0.3, 0.4) is 0 Å². The van der Waals surface area contributed by atoms with Gasteiger partial charge in [-0.1, -0.05) is 30.5 Å². The summed E-state index contributed by atoms with van der Waals surface area (Å²) >= 11 is 5.65. The van der Waals surface area contributed by atoms with E-state index >= 15 is 0 Å². The molecule has 1 aliphatic heterocycles. The number of hydrogen-bond donors (Lipinski definition) is 1. The fourth-order valence-corrected chi connectivity index (χ4v) is 3.65. The highest BCUT2D eigenvalue weighted by molar-refractivity contribution is 6.30. The van der Waals surface area contributed by atoms with E-state index < -0.39 is 5.82 Å². The van der Waals surface area contributed by atoms with Crippen molar-refractivity contribution in [1.29, 1.82) is 0 Å². The van der Waals surface area contributed by atoms with Gasteiger partial charge in [0.05, 0.1) is 11.1 Å². The van der Waals surface area contributed by atoms with E-state index in [0.717, 1.165) is 6.42 Å². The van der Waals surface area contributed by atoms with Crippen molar-refractivity contribution in [3.05, 3.63) is 34.6 Å². The van der Waals surface area contributed by atoms with Gasteiger partial charge < -0.3 is 5.32 Å². The van der Waals surface area contributed by atoms with Crippen LogP contribution in [0.5, 0.6) is 0 Å². The molecule has 20 heavy (non-hydrogen) atoms. The molecule has 4 heteroatoms. The van der Waals surface area contributed by atoms with Gasteiger partial charge in [0.25, 0.3) is 0 Å². The average molecular weight is 296 g/mol. The number of nitrogens with one attached hydrogen (secondary N) is 1. The Morgan fingerprint density at radius 3 is 2.90 bits per heavy atom. The van der Waals surface area contributed by atoms with Gasteiger partial charge in [-0.25, -0.2) is 4.39 Å². The minimum absolute atomic E-state index is 0.0539. The Hall–Kier alpha value is -0.930. The summed E-state index contributed by atoms with van der Waals surface area (Å²) in [6.45, 7) is 0. The molecule has 0 amide bonds. The van der Waals surface area contributed by atoms with Crippen molar-refractivity contribution >= 4 is 17.4 Å². The van der Waals surface area contributed by atoms with E-state index in [9.17, 15) is 9.18 Å². The van der Waals surface area contributed by atoms with E-state index in [-0.39, 0.29) is 23.3 Å². The van der Waals surface area contributed by atoms with Gasteiger partial charge in [0.2, 0.25) is 0 Å². The number of hydrogen-bond acceptors (Lipinski definition) is 2. The molecule has 3 atom stereocenters. The zero-order valence-electron chi connectivity index (χ0n) is 11.4. The molecule has 1 saturated carbocycles. The first-order valence-corrected chi connectivity index (χ1v) is 7.74. The molecule has 1 aromatic rings. The molecule has 2 nitrogen and oxygen atoms in total. The molecule has 3 unspecified atom stereocenters. The van der Waals surface area contributed by atoms with Gasteiger partial charge in [-0.2, -0.15) is 0 Å². The molecule has 1 saturated heterocycles. The van der Waals surface area contributed by atoms with E-state index in [4.69, 9.17) is 11.6 Å². The molecule has 1 aliphatic carbocycles. The van der Waals surface area contributed by atoms with Gasteiger partial charge >= 0.3 is 0 Å². The number of carbonyl (C=O) groups excluding carboxylic acids is 1. The Kier molecular flexibility index (Phi) is 4.08. The maximum atomic E-state index is 13.4. The molecule has 0 spiro atoms. The summed E-state index contributed by atoms with van der Waals surface area (Å²) in [7, 11) is 0. The predicted molar refractivity (Wildman–Crippen MR) is 77.4 cm³/mol. The van der Waals surface area contributed by atoms with E-state index in [2.05, 4.69) is 5.32 Å². The van der Waals surface area contributed by atoms with E-state index in [0.29, 0.717) is 17.5 Å². The van der Waals surface area contributed by atoms with E-state index in [1.807, 2.05) is 0 Å². The summed E-state index contributed by atoms with van der Waals surface area (Å²) in [5.74, 6) is 0.366. The molecule has 1 N–H and O–H groups in total. The number of fused-ring (bicyclic) bond motifs is 1. The normalized spacial score (nSPS) is 29.2. The zero-order valence-corrected chi connectivity index (χ0v) is 12.1. The quantitative estimate of drug-likeness (QED) is 0.924. The molecule has 2 fully saturated rings. The lowest BCUT2D eigenvalue weighted by atomic mass is 9.84. The minimum atomic E-state index is -0.454. The summed E-state index contributed by atoms with van der Waals surface area (Å²) < 4.78 is 13.4. The SMILES string of the molecule is O=C(Cc1ccc(Cl)c(F)c1)C1CC2CCCCC2N1. The molecular weight excluding hydrogens is 277 g/mol. The van der Waals surface area contributed by atoms with Gasteiger partial charge in [-0.05, 0) is 42.9 Å². The average Bonchev–Trinajstić information content (AvgIpc) is 2.87. The van der Waals surface area contributed by atoms with Gasteiger partial charge in [-0.3, -0.25) is 4.79 Å². The fraction of sp³-hybridized carbons (Fsp3) is 0.562. The van der Waals surface area contributed by atoms with Gasteiger partial charge in [0.15, 0.2) is 5.78 Å². The second kappa shape index (κ2) is 5.82. The molecule has 0 bridgehead atoms. The van der Waals surface area contributed by atoms with Crippen LogP contribution in [0.1, 0.15) is 37.7 Å². The van der Waals surface area contributed by atoms with Crippen molar-refractivity contribution in [3.63, 3.8) is 0 Å². The molecule has 0 radical (unpaired) electrons. The maximum Gasteiger partial charge on any atom is 0.154 e. The van der Waals surface area contributed by atoms with Crippen LogP contribution in [-0.4, -0.2) is 17.9 Å². The summed E-state index contributed by atoms with van der Waals surface area (Å²) in [5.41, 5.74) is 0.702. The standard InChI is InChI=1S/C16H19ClFNO/c17-12-6-5-10(7-13(12)18)8-16(20)15-9-11-3-1-2-4-14(11)19-15/h5-7,11,14-15,19H,1-4,8-9H2. The van der Waals surface area contributed by atoms with E-state index in [1.54, 1.807) is 6.07 Å². The summed E-state index contributed by atoms with van der Waals surface area (Å²) in [6.07, 6.45) is 6.19. The lowest BCUT2D eigenvalue weighted by Crippen LogP contribution is -2.37.